The average molecular weight is 561 g/mol. The van der Waals surface area contributed by atoms with Crippen LogP contribution in [0.3, 0.4) is 0 Å². The molecule has 0 amide bonds. The summed E-state index contributed by atoms with van der Waals surface area (Å²) in [4.78, 5) is 25.8. The third-order valence-corrected chi connectivity index (χ3v) is 8.36. The second-order valence-electron chi connectivity index (χ2n) is 11.2. The molecule has 1 aromatic rings. The molecule has 7 rings (SSSR count). The molecule has 40 heavy (non-hydrogen) atoms. The highest BCUT2D eigenvalue weighted by Crippen LogP contribution is 2.37. The molecule has 10 heteroatoms. The lowest BCUT2D eigenvalue weighted by Crippen LogP contribution is -2.38. The van der Waals surface area contributed by atoms with Crippen LogP contribution < -0.4 is 10.6 Å². The molecule has 6 aliphatic rings. The van der Waals surface area contributed by atoms with Crippen LogP contribution in [0.15, 0.2) is 55.0 Å². The Bertz CT molecular complexity index is 1480. The molecule has 6 heterocycles. The van der Waals surface area contributed by atoms with Crippen LogP contribution in [-0.4, -0.2) is 54.0 Å². The summed E-state index contributed by atoms with van der Waals surface area (Å²) in [7, 11) is 0. The highest BCUT2D eigenvalue weighted by atomic mass is 35.5. The molecule has 0 saturated carbocycles. The van der Waals surface area contributed by atoms with E-state index in [0.717, 1.165) is 77.9 Å². The predicted molar refractivity (Wildman–Crippen MR) is 159 cm³/mol. The maximum Gasteiger partial charge on any atom is 0.109 e. The van der Waals surface area contributed by atoms with Gasteiger partial charge in [-0.05, 0) is 63.8 Å². The van der Waals surface area contributed by atoms with Crippen molar-refractivity contribution < 1.29 is 5.48 Å². The van der Waals surface area contributed by atoms with E-state index in [1.165, 1.54) is 5.56 Å². The molecule has 2 fully saturated rings. The third kappa shape index (κ3) is 5.47. The summed E-state index contributed by atoms with van der Waals surface area (Å²) in [6, 6.07) is 14.3. The lowest BCUT2D eigenvalue weighted by atomic mass is 9.84. The first-order valence-corrected chi connectivity index (χ1v) is 13.8. The zero-order valence-electron chi connectivity index (χ0n) is 22.8. The van der Waals surface area contributed by atoms with Gasteiger partial charge < -0.3 is 26.1 Å². The molecule has 9 nitrogen and oxygen atoms in total. The standard InChI is InChI=1S/C30H34N8.ClH.H2O/c1-17-11-21(7-9-31-17)29-34-16-28-26(38-29)14-25(36-28)20-5-3-19(4-6-20)24-13-22(12-18(2)35-24)30-33-15-27-23(37-30)8-10-32-27;;/h3-6,8,10,14-18,21-22,24,31,35H,7,9,11-13H2,1-2H3,(H,33,37)(H,34,38);1H;1H2. The summed E-state index contributed by atoms with van der Waals surface area (Å²) in [6.45, 7) is 5.55. The van der Waals surface area contributed by atoms with Gasteiger partial charge in [-0.15, -0.1) is 12.4 Å². The SMILES string of the molecule is CC1CC(c2ncc3nc(-c4ccc(C5CC(c6ncc7nccc-7[nH]6)CC(C)N5)cc4)cc-3[nH]2)CCN1.Cl.O. The lowest BCUT2D eigenvalue weighted by Gasteiger charge is -2.34. The molecular formula is C30H37ClN8O. The summed E-state index contributed by atoms with van der Waals surface area (Å²) in [6.07, 6.45) is 9.93. The van der Waals surface area contributed by atoms with Gasteiger partial charge in [0.25, 0.3) is 0 Å². The van der Waals surface area contributed by atoms with E-state index < -0.39 is 0 Å². The van der Waals surface area contributed by atoms with Crippen LogP contribution in [0.25, 0.3) is 34.0 Å². The molecule has 0 aliphatic carbocycles. The van der Waals surface area contributed by atoms with Gasteiger partial charge >= 0.3 is 0 Å². The number of fused-ring (bicyclic) bond motifs is 2. The van der Waals surface area contributed by atoms with Crippen molar-refractivity contribution in [1.29, 1.82) is 0 Å². The molecule has 0 radical (unpaired) electrons. The second-order valence-corrected chi connectivity index (χ2v) is 11.2. The monoisotopic (exact) mass is 560 g/mol. The number of aromatic nitrogens is 6. The van der Waals surface area contributed by atoms with Crippen LogP contribution in [0.2, 0.25) is 0 Å². The van der Waals surface area contributed by atoms with Gasteiger partial charge in [0.2, 0.25) is 0 Å². The highest BCUT2D eigenvalue weighted by molar-refractivity contribution is 5.85. The maximum atomic E-state index is 4.87. The topological polar surface area (TPSA) is 139 Å². The minimum Gasteiger partial charge on any atom is -0.412 e. The van der Waals surface area contributed by atoms with Crippen molar-refractivity contribution in [2.45, 2.75) is 69.5 Å². The van der Waals surface area contributed by atoms with Crippen molar-refractivity contribution in [3.8, 4) is 34.0 Å². The first kappa shape index (κ1) is 28.2. The number of hydrogen-bond acceptors (Lipinski definition) is 6. The molecule has 0 bridgehead atoms. The summed E-state index contributed by atoms with van der Waals surface area (Å²) < 4.78 is 0. The van der Waals surface area contributed by atoms with Crippen LogP contribution >= 0.6 is 12.4 Å². The molecule has 0 spiro atoms. The second kappa shape index (κ2) is 11.6. The van der Waals surface area contributed by atoms with Crippen LogP contribution in [0.1, 0.15) is 74.6 Å². The van der Waals surface area contributed by atoms with Crippen molar-refractivity contribution >= 4 is 12.4 Å². The molecule has 0 aromatic heterocycles. The van der Waals surface area contributed by atoms with Gasteiger partial charge in [-0.1, -0.05) is 24.3 Å². The largest absolute Gasteiger partial charge is 0.412 e. The molecule has 1 aromatic carbocycles. The molecular weight excluding hydrogens is 524 g/mol. The fourth-order valence-corrected chi connectivity index (χ4v) is 6.36. The van der Waals surface area contributed by atoms with Crippen LogP contribution in [0.4, 0.5) is 0 Å². The number of piperidine rings is 2. The molecule has 2 saturated heterocycles. The minimum atomic E-state index is 0. The summed E-state index contributed by atoms with van der Waals surface area (Å²) in [5.74, 6) is 2.97. The molecule has 5 atom stereocenters. The fourth-order valence-electron chi connectivity index (χ4n) is 6.36. The number of hydrogen-bond donors (Lipinski definition) is 4. The Balaban J connectivity index is 0.00000161. The predicted octanol–water partition coefficient (Wildman–Crippen LogP) is 4.85. The van der Waals surface area contributed by atoms with Crippen molar-refractivity contribution in [1.82, 2.24) is 40.5 Å². The van der Waals surface area contributed by atoms with Crippen LogP contribution in [0, 0.1) is 0 Å². The summed E-state index contributed by atoms with van der Waals surface area (Å²) in [5, 5.41) is 7.32. The molecule has 6 aliphatic heterocycles. The Morgan fingerprint density at radius 3 is 2.27 bits per heavy atom. The zero-order chi connectivity index (χ0) is 25.6. The van der Waals surface area contributed by atoms with E-state index in [4.69, 9.17) is 15.0 Å². The van der Waals surface area contributed by atoms with E-state index in [1.807, 2.05) is 24.7 Å². The highest BCUT2D eigenvalue weighted by Gasteiger charge is 2.30. The van der Waals surface area contributed by atoms with Gasteiger partial charge in [-0.3, -0.25) is 4.98 Å². The van der Waals surface area contributed by atoms with E-state index >= 15 is 0 Å². The fraction of sp³-hybridized carbons (Fsp3) is 0.400. The van der Waals surface area contributed by atoms with Gasteiger partial charge in [-0.25, -0.2) is 15.0 Å². The number of nitrogens with one attached hydrogen (secondary N) is 4. The van der Waals surface area contributed by atoms with Crippen molar-refractivity contribution in [2.24, 2.45) is 0 Å². The zero-order valence-corrected chi connectivity index (χ0v) is 23.6. The van der Waals surface area contributed by atoms with Crippen molar-refractivity contribution in [3.05, 3.63) is 72.2 Å². The number of aromatic amines is 2. The normalized spacial score (nSPS) is 24.9. The van der Waals surface area contributed by atoms with Gasteiger partial charge in [0.1, 0.15) is 23.0 Å². The average Bonchev–Trinajstić information content (AvgIpc) is 3.59. The first-order chi connectivity index (χ1) is 18.6. The van der Waals surface area contributed by atoms with E-state index in [9.17, 15) is 0 Å². The number of rotatable bonds is 4. The Morgan fingerprint density at radius 1 is 0.750 bits per heavy atom. The van der Waals surface area contributed by atoms with Crippen molar-refractivity contribution in [2.75, 3.05) is 6.54 Å². The van der Waals surface area contributed by atoms with Crippen molar-refractivity contribution in [3.63, 3.8) is 0 Å². The molecule has 5 unspecified atom stereocenters. The Morgan fingerprint density at radius 2 is 1.48 bits per heavy atom. The number of benzene rings is 1. The molecule has 210 valence electrons. The van der Waals surface area contributed by atoms with Crippen LogP contribution in [-0.2, 0) is 0 Å². The van der Waals surface area contributed by atoms with Gasteiger partial charge in [0, 0.05) is 41.7 Å². The third-order valence-electron chi connectivity index (χ3n) is 8.36. The quantitative estimate of drug-likeness (QED) is 0.248. The number of H-pyrrole nitrogens is 2. The Hall–Kier alpha value is -3.37. The van der Waals surface area contributed by atoms with Gasteiger partial charge in [0.05, 0.1) is 29.5 Å². The lowest BCUT2D eigenvalue weighted by molar-refractivity contribution is 0.299. The van der Waals surface area contributed by atoms with Gasteiger partial charge in [0.15, 0.2) is 0 Å². The van der Waals surface area contributed by atoms with E-state index in [0.29, 0.717) is 23.9 Å². The number of nitrogens with zero attached hydrogens (tertiary/aromatic N) is 4. The maximum absolute atomic E-state index is 4.87. The minimum absolute atomic E-state index is 0. The van der Waals surface area contributed by atoms with E-state index in [2.05, 4.69) is 69.8 Å². The summed E-state index contributed by atoms with van der Waals surface area (Å²) >= 11 is 0. The van der Waals surface area contributed by atoms with Gasteiger partial charge in [-0.2, -0.15) is 0 Å². The smallest absolute Gasteiger partial charge is 0.109 e. The van der Waals surface area contributed by atoms with Crippen LogP contribution in [0.5, 0.6) is 0 Å². The first-order valence-electron chi connectivity index (χ1n) is 13.8. The molecule has 6 N–H and O–H groups in total. The van der Waals surface area contributed by atoms with E-state index in [1.54, 1.807) is 0 Å². The Kier molecular flexibility index (Phi) is 8.19. The van der Waals surface area contributed by atoms with E-state index in [-0.39, 0.29) is 23.9 Å². The summed E-state index contributed by atoms with van der Waals surface area (Å²) in [5.41, 5.74) is 7.36. The number of halogens is 1. The Labute approximate surface area is 240 Å².